The van der Waals surface area contributed by atoms with Crippen molar-refractivity contribution in [2.24, 2.45) is 5.73 Å². The summed E-state index contributed by atoms with van der Waals surface area (Å²) in [7, 11) is 0. The largest absolute Gasteiger partial charge is 0.506 e. The number of aromatic hydroxyl groups is 1. The van der Waals surface area contributed by atoms with E-state index in [1.54, 1.807) is 12.1 Å². The molecule has 0 aliphatic heterocycles. The number of hydrogen-bond donors (Lipinski definition) is 2. The number of nitrogens with two attached hydrogens (primary N) is 1. The van der Waals surface area contributed by atoms with Gasteiger partial charge in [0.25, 0.3) is 0 Å². The number of benzene rings is 1. The zero-order chi connectivity index (χ0) is 14.6. The maximum atomic E-state index is 9.96. The minimum absolute atomic E-state index is 0.175. The van der Waals surface area contributed by atoms with Crippen molar-refractivity contribution in [3.63, 3.8) is 0 Å². The first-order chi connectivity index (χ1) is 8.70. The summed E-state index contributed by atoms with van der Waals surface area (Å²) in [5.74, 6) is 0.175. The summed E-state index contributed by atoms with van der Waals surface area (Å²) in [5.41, 5.74) is 6.30. The molecule has 0 aliphatic carbocycles. The molecule has 6 heteroatoms. The molecule has 0 saturated heterocycles. The Bertz CT molecular complexity index is 435. The predicted octanol–water partition coefficient (Wildman–Crippen LogP) is 3.79. The molecule has 0 spiro atoms. The highest BCUT2D eigenvalue weighted by molar-refractivity contribution is 14.1. The van der Waals surface area contributed by atoms with E-state index in [-0.39, 0.29) is 17.4 Å². The Morgan fingerprint density at radius 1 is 1.42 bits per heavy atom. The molecule has 0 unspecified atom stereocenters. The fraction of sp³-hybridized carbons (Fsp3) is 0.538. The Morgan fingerprint density at radius 2 is 2.05 bits per heavy atom. The fourth-order valence-corrected chi connectivity index (χ4v) is 2.48. The van der Waals surface area contributed by atoms with E-state index in [0.29, 0.717) is 27.2 Å². The molecule has 0 aromatic heterocycles. The zero-order valence-corrected chi connectivity index (χ0v) is 14.2. The van der Waals surface area contributed by atoms with Crippen molar-refractivity contribution in [3.05, 3.63) is 26.3 Å². The number of rotatable bonds is 5. The predicted molar refractivity (Wildman–Crippen MR) is 84.2 cm³/mol. The summed E-state index contributed by atoms with van der Waals surface area (Å²) in [4.78, 5) is 10.2. The van der Waals surface area contributed by atoms with Crippen molar-refractivity contribution in [2.75, 3.05) is 6.61 Å². The topological polar surface area (TPSA) is 64.7 Å². The minimum atomic E-state index is -0.351. The molecule has 4 nitrogen and oxygen atoms in total. The Hall–Kier alpha value is -0.0800. The van der Waals surface area contributed by atoms with Gasteiger partial charge in [-0.2, -0.15) is 0 Å². The average molecular weight is 400 g/mol. The zero-order valence-electron chi connectivity index (χ0n) is 11.2. The molecule has 1 atom stereocenters. The highest BCUT2D eigenvalue weighted by Crippen LogP contribution is 2.32. The van der Waals surface area contributed by atoms with Crippen molar-refractivity contribution >= 4 is 34.2 Å². The van der Waals surface area contributed by atoms with E-state index in [1.807, 2.05) is 43.4 Å². The van der Waals surface area contributed by atoms with Crippen LogP contribution in [0.4, 0.5) is 0 Å². The maximum absolute atomic E-state index is 9.96. The molecule has 3 N–H and O–H groups in total. The lowest BCUT2D eigenvalue weighted by Crippen LogP contribution is -2.21. The van der Waals surface area contributed by atoms with Gasteiger partial charge in [-0.25, -0.2) is 9.78 Å². The normalized spacial score (nSPS) is 13.6. The van der Waals surface area contributed by atoms with Gasteiger partial charge in [-0.1, -0.05) is 11.6 Å². The van der Waals surface area contributed by atoms with Crippen LogP contribution >= 0.6 is 34.2 Å². The van der Waals surface area contributed by atoms with E-state index in [0.717, 1.165) is 0 Å². The monoisotopic (exact) mass is 399 g/mol. The van der Waals surface area contributed by atoms with E-state index in [1.165, 1.54) is 0 Å². The van der Waals surface area contributed by atoms with Crippen LogP contribution in [0.3, 0.4) is 0 Å². The summed E-state index contributed by atoms with van der Waals surface area (Å²) >= 11 is 7.98. The van der Waals surface area contributed by atoms with E-state index >= 15 is 0 Å². The van der Waals surface area contributed by atoms with Crippen LogP contribution < -0.4 is 5.73 Å². The molecule has 1 aromatic carbocycles. The van der Waals surface area contributed by atoms with Gasteiger partial charge in [0.05, 0.1) is 15.8 Å². The van der Waals surface area contributed by atoms with Gasteiger partial charge in [-0.15, -0.1) is 0 Å². The van der Waals surface area contributed by atoms with Crippen LogP contribution in [0.25, 0.3) is 0 Å². The summed E-state index contributed by atoms with van der Waals surface area (Å²) in [5, 5.41) is 10.5. The first-order valence-corrected chi connectivity index (χ1v) is 7.40. The van der Waals surface area contributed by atoms with E-state index in [9.17, 15) is 5.11 Å². The maximum Gasteiger partial charge on any atom is 0.133 e. The van der Waals surface area contributed by atoms with Gasteiger partial charge < -0.3 is 10.8 Å². The third-order valence-corrected chi connectivity index (χ3v) is 3.32. The third kappa shape index (κ3) is 5.83. The Kier molecular flexibility index (Phi) is 6.32. The third-order valence-electron chi connectivity index (χ3n) is 2.28. The summed E-state index contributed by atoms with van der Waals surface area (Å²) in [6.45, 7) is 6.05. The fourth-order valence-electron chi connectivity index (χ4n) is 1.42. The first-order valence-electron chi connectivity index (χ1n) is 5.95. The molecular weight excluding hydrogens is 381 g/mol. The Balaban J connectivity index is 2.57. The van der Waals surface area contributed by atoms with Crippen LogP contribution in [0.1, 0.15) is 38.8 Å². The number of phenols is 1. The molecular formula is C13H19ClINO3. The minimum Gasteiger partial charge on any atom is -0.506 e. The highest BCUT2D eigenvalue weighted by atomic mass is 127. The highest BCUT2D eigenvalue weighted by Gasteiger charge is 2.16. The molecule has 0 fully saturated rings. The molecule has 0 saturated carbocycles. The van der Waals surface area contributed by atoms with Gasteiger partial charge in [0, 0.05) is 16.6 Å². The molecule has 1 rings (SSSR count). The molecule has 0 heterocycles. The molecule has 0 amide bonds. The quantitative estimate of drug-likeness (QED) is 0.342. The average Bonchev–Trinajstić information content (AvgIpc) is 2.27. The molecule has 1 aromatic rings. The lowest BCUT2D eigenvalue weighted by Gasteiger charge is -2.19. The van der Waals surface area contributed by atoms with Crippen molar-refractivity contribution in [1.82, 2.24) is 0 Å². The molecule has 108 valence electrons. The number of hydrogen-bond acceptors (Lipinski definition) is 4. The Morgan fingerprint density at radius 3 is 2.63 bits per heavy atom. The van der Waals surface area contributed by atoms with Gasteiger partial charge in [0.15, 0.2) is 0 Å². The first kappa shape index (κ1) is 17.0. The number of halogens is 2. The van der Waals surface area contributed by atoms with Gasteiger partial charge >= 0.3 is 0 Å². The lowest BCUT2D eigenvalue weighted by atomic mass is 10.0. The molecule has 0 aliphatic rings. The van der Waals surface area contributed by atoms with E-state index < -0.39 is 0 Å². The van der Waals surface area contributed by atoms with Crippen molar-refractivity contribution in [3.8, 4) is 5.75 Å². The standard InChI is InChI=1S/C13H19ClINO3/c1-13(2,3)19-18-5-4-11(16)9-6-8(14)7-10(15)12(9)17/h6-7,11,17H,4-5,16H2,1-3H3/t11-/m0/s1. The summed E-state index contributed by atoms with van der Waals surface area (Å²) in [6, 6.07) is 3.01. The van der Waals surface area contributed by atoms with Gasteiger partial charge in [0.2, 0.25) is 0 Å². The van der Waals surface area contributed by atoms with Crippen molar-refractivity contribution in [2.45, 2.75) is 38.8 Å². The molecule has 0 radical (unpaired) electrons. The van der Waals surface area contributed by atoms with Crippen LogP contribution in [0.5, 0.6) is 5.75 Å². The lowest BCUT2D eigenvalue weighted by molar-refractivity contribution is -0.349. The second-order valence-corrected chi connectivity index (χ2v) is 6.84. The van der Waals surface area contributed by atoms with Crippen molar-refractivity contribution < 1.29 is 14.9 Å². The van der Waals surface area contributed by atoms with Gasteiger partial charge in [-0.05, 0) is 61.9 Å². The molecule has 0 bridgehead atoms. The SMILES string of the molecule is CC(C)(C)OOCC[C@H](N)c1cc(Cl)cc(I)c1O. The molecule has 19 heavy (non-hydrogen) atoms. The van der Waals surface area contributed by atoms with Crippen LogP contribution in [-0.4, -0.2) is 17.3 Å². The second-order valence-electron chi connectivity index (χ2n) is 5.24. The Labute approximate surface area is 132 Å². The summed E-state index contributed by atoms with van der Waals surface area (Å²) < 4.78 is 0.683. The van der Waals surface area contributed by atoms with Crippen LogP contribution in [-0.2, 0) is 9.78 Å². The van der Waals surface area contributed by atoms with Crippen molar-refractivity contribution in [1.29, 1.82) is 0 Å². The van der Waals surface area contributed by atoms with Gasteiger partial charge in [-0.3, -0.25) is 0 Å². The van der Waals surface area contributed by atoms with E-state index in [2.05, 4.69) is 0 Å². The van der Waals surface area contributed by atoms with Crippen LogP contribution in [0, 0.1) is 3.57 Å². The summed E-state index contributed by atoms with van der Waals surface area (Å²) in [6.07, 6.45) is 0.528. The van der Waals surface area contributed by atoms with E-state index in [4.69, 9.17) is 27.1 Å². The number of phenolic OH excluding ortho intramolecular Hbond substituents is 1. The van der Waals surface area contributed by atoms with Crippen LogP contribution in [0.2, 0.25) is 5.02 Å². The smallest absolute Gasteiger partial charge is 0.133 e. The van der Waals surface area contributed by atoms with Crippen LogP contribution in [0.15, 0.2) is 12.1 Å². The second kappa shape index (κ2) is 7.08. The van der Waals surface area contributed by atoms with Gasteiger partial charge in [0.1, 0.15) is 5.75 Å².